The van der Waals surface area contributed by atoms with Gasteiger partial charge in [-0.1, -0.05) is 42.5 Å². The first kappa shape index (κ1) is 17.3. The van der Waals surface area contributed by atoms with Crippen molar-refractivity contribution in [2.45, 2.75) is 19.9 Å². The van der Waals surface area contributed by atoms with Crippen molar-refractivity contribution in [3.63, 3.8) is 0 Å². The molecule has 0 aliphatic carbocycles. The molecule has 0 saturated heterocycles. The van der Waals surface area contributed by atoms with E-state index in [1.807, 2.05) is 55.6 Å². The molecule has 1 aromatic heterocycles. The Morgan fingerprint density at radius 1 is 1.00 bits per heavy atom. The minimum absolute atomic E-state index is 0.0701. The van der Waals surface area contributed by atoms with Gasteiger partial charge in [-0.05, 0) is 48.7 Å². The Kier molecular flexibility index (Phi) is 4.88. The van der Waals surface area contributed by atoms with Crippen LogP contribution in [0, 0.1) is 0 Å². The van der Waals surface area contributed by atoms with Crippen LogP contribution in [0.5, 0.6) is 0 Å². The number of amides is 1. The van der Waals surface area contributed by atoms with E-state index in [2.05, 4.69) is 34.1 Å². The van der Waals surface area contributed by atoms with Gasteiger partial charge in [0, 0.05) is 25.3 Å². The fourth-order valence-electron chi connectivity index (χ4n) is 3.61. The Hall–Kier alpha value is -3.14. The number of nitrogens with zero attached hydrogens (tertiary/aromatic N) is 3. The molecule has 136 valence electrons. The molecule has 0 saturated carbocycles. The molecule has 1 amide bonds. The molecule has 1 aliphatic rings. The van der Waals surface area contributed by atoms with Crippen LogP contribution in [0.1, 0.15) is 28.5 Å². The topological polar surface area (TPSA) is 36.4 Å². The Morgan fingerprint density at radius 3 is 2.44 bits per heavy atom. The van der Waals surface area contributed by atoms with Crippen molar-refractivity contribution in [2.24, 2.45) is 0 Å². The summed E-state index contributed by atoms with van der Waals surface area (Å²) in [4.78, 5) is 21.4. The van der Waals surface area contributed by atoms with Crippen LogP contribution in [0.25, 0.3) is 0 Å². The highest BCUT2D eigenvalue weighted by Crippen LogP contribution is 2.24. The molecule has 0 radical (unpaired) electrons. The minimum atomic E-state index is -0.0701. The van der Waals surface area contributed by atoms with Gasteiger partial charge in [0.25, 0.3) is 5.91 Å². The zero-order valence-electron chi connectivity index (χ0n) is 15.5. The minimum Gasteiger partial charge on any atom is -0.366 e. The molecule has 0 unspecified atom stereocenters. The lowest BCUT2D eigenvalue weighted by Crippen LogP contribution is -2.32. The maximum Gasteiger partial charge on any atom is 0.276 e. The molecule has 4 nitrogen and oxygen atoms in total. The van der Waals surface area contributed by atoms with Gasteiger partial charge < -0.3 is 9.80 Å². The van der Waals surface area contributed by atoms with Crippen molar-refractivity contribution in [3.05, 3.63) is 89.7 Å². The van der Waals surface area contributed by atoms with Crippen molar-refractivity contribution < 1.29 is 4.79 Å². The summed E-state index contributed by atoms with van der Waals surface area (Å²) in [6.45, 7) is 4.44. The van der Waals surface area contributed by atoms with E-state index < -0.39 is 0 Å². The quantitative estimate of drug-likeness (QED) is 0.698. The molecular formula is C23H23N3O. The second-order valence-electron chi connectivity index (χ2n) is 6.73. The number of anilines is 2. The molecule has 0 N–H and O–H groups in total. The fraction of sp³-hybridized carbons (Fsp3) is 0.217. The van der Waals surface area contributed by atoms with E-state index in [1.165, 1.54) is 11.1 Å². The molecule has 4 heteroatoms. The fourth-order valence-corrected chi connectivity index (χ4v) is 3.61. The average Bonchev–Trinajstić information content (AvgIpc) is 2.75. The molecule has 3 aromatic rings. The summed E-state index contributed by atoms with van der Waals surface area (Å²) in [5.41, 5.74) is 5.22. The number of carbonyl (C=O) groups is 1. The second-order valence-corrected chi connectivity index (χ2v) is 6.73. The molecular weight excluding hydrogens is 334 g/mol. The van der Waals surface area contributed by atoms with Crippen LogP contribution in [-0.2, 0) is 13.0 Å². The third-order valence-corrected chi connectivity index (χ3v) is 5.09. The number of carbonyl (C=O) groups excluding carboxylic acids is 1. The molecule has 2 aromatic carbocycles. The van der Waals surface area contributed by atoms with Gasteiger partial charge in [0.1, 0.15) is 5.69 Å². The number of aromatic nitrogens is 1. The van der Waals surface area contributed by atoms with Crippen LogP contribution in [0.4, 0.5) is 11.4 Å². The summed E-state index contributed by atoms with van der Waals surface area (Å²) in [6, 6.07) is 22.1. The van der Waals surface area contributed by atoms with Gasteiger partial charge in [-0.25, -0.2) is 4.98 Å². The van der Waals surface area contributed by atoms with Gasteiger partial charge >= 0.3 is 0 Å². The lowest BCUT2D eigenvalue weighted by Gasteiger charge is -2.30. The first-order valence-electron chi connectivity index (χ1n) is 9.41. The standard InChI is InChI=1S/C23H23N3O/c1-2-26(20-10-4-3-5-11-20)23(27)22-13-12-21(16-24-22)25-15-14-18-8-6-7-9-19(18)17-25/h3-13,16H,2,14-15,17H2,1H3. The summed E-state index contributed by atoms with van der Waals surface area (Å²) in [7, 11) is 0. The number of pyridine rings is 1. The third kappa shape index (κ3) is 3.56. The monoisotopic (exact) mass is 357 g/mol. The molecule has 0 bridgehead atoms. The lowest BCUT2D eigenvalue weighted by molar-refractivity contribution is 0.0983. The molecule has 0 fully saturated rings. The van der Waals surface area contributed by atoms with Gasteiger partial charge in [-0.3, -0.25) is 4.79 Å². The molecule has 0 atom stereocenters. The predicted octanol–water partition coefficient (Wildman–Crippen LogP) is 4.31. The van der Waals surface area contributed by atoms with Crippen molar-refractivity contribution in [3.8, 4) is 0 Å². The van der Waals surface area contributed by atoms with E-state index in [0.717, 1.165) is 30.9 Å². The van der Waals surface area contributed by atoms with Crippen molar-refractivity contribution in [2.75, 3.05) is 22.9 Å². The summed E-state index contributed by atoms with van der Waals surface area (Å²) in [5, 5.41) is 0. The largest absolute Gasteiger partial charge is 0.366 e. The SMILES string of the molecule is CCN(C(=O)c1ccc(N2CCc3ccccc3C2)cn1)c1ccccc1. The smallest absolute Gasteiger partial charge is 0.276 e. The lowest BCUT2D eigenvalue weighted by atomic mass is 10.00. The summed E-state index contributed by atoms with van der Waals surface area (Å²) >= 11 is 0. The summed E-state index contributed by atoms with van der Waals surface area (Å²) in [5.74, 6) is -0.0701. The zero-order chi connectivity index (χ0) is 18.6. The molecule has 1 aliphatic heterocycles. The number of hydrogen-bond acceptors (Lipinski definition) is 3. The zero-order valence-corrected chi connectivity index (χ0v) is 15.5. The highest BCUT2D eigenvalue weighted by atomic mass is 16.2. The van der Waals surface area contributed by atoms with E-state index >= 15 is 0 Å². The van der Waals surface area contributed by atoms with E-state index in [9.17, 15) is 4.79 Å². The predicted molar refractivity (Wildman–Crippen MR) is 109 cm³/mol. The highest BCUT2D eigenvalue weighted by Gasteiger charge is 2.19. The summed E-state index contributed by atoms with van der Waals surface area (Å²) < 4.78 is 0. The van der Waals surface area contributed by atoms with Gasteiger partial charge in [-0.2, -0.15) is 0 Å². The van der Waals surface area contributed by atoms with Gasteiger partial charge in [-0.15, -0.1) is 0 Å². The van der Waals surface area contributed by atoms with Crippen LogP contribution in [0.15, 0.2) is 72.9 Å². The van der Waals surface area contributed by atoms with Gasteiger partial charge in [0.2, 0.25) is 0 Å². The Bertz CT molecular complexity index is 922. The third-order valence-electron chi connectivity index (χ3n) is 5.09. The van der Waals surface area contributed by atoms with Crippen LogP contribution >= 0.6 is 0 Å². The van der Waals surface area contributed by atoms with Crippen molar-refractivity contribution >= 4 is 17.3 Å². The molecule has 2 heterocycles. The van der Waals surface area contributed by atoms with E-state index in [1.54, 1.807) is 4.90 Å². The van der Waals surface area contributed by atoms with E-state index in [0.29, 0.717) is 12.2 Å². The highest BCUT2D eigenvalue weighted by molar-refractivity contribution is 6.04. The van der Waals surface area contributed by atoms with Gasteiger partial charge in [0.05, 0.1) is 11.9 Å². The maximum atomic E-state index is 12.9. The molecule has 0 spiro atoms. The average molecular weight is 357 g/mol. The summed E-state index contributed by atoms with van der Waals surface area (Å²) in [6.07, 6.45) is 2.86. The second kappa shape index (κ2) is 7.62. The first-order chi connectivity index (χ1) is 13.3. The normalized spacial score (nSPS) is 13.1. The number of rotatable bonds is 4. The van der Waals surface area contributed by atoms with Crippen molar-refractivity contribution in [1.29, 1.82) is 0 Å². The Labute approximate surface area is 160 Å². The Morgan fingerprint density at radius 2 is 1.74 bits per heavy atom. The number of para-hydroxylation sites is 1. The van der Waals surface area contributed by atoms with Crippen LogP contribution in [0.2, 0.25) is 0 Å². The van der Waals surface area contributed by atoms with Crippen LogP contribution < -0.4 is 9.80 Å². The maximum absolute atomic E-state index is 12.9. The first-order valence-corrected chi connectivity index (χ1v) is 9.41. The molecule has 4 rings (SSSR count). The van der Waals surface area contributed by atoms with E-state index in [-0.39, 0.29) is 5.91 Å². The van der Waals surface area contributed by atoms with Crippen LogP contribution in [0.3, 0.4) is 0 Å². The molecule has 27 heavy (non-hydrogen) atoms. The number of fused-ring (bicyclic) bond motifs is 1. The van der Waals surface area contributed by atoms with Crippen molar-refractivity contribution in [1.82, 2.24) is 4.98 Å². The Balaban J connectivity index is 1.51. The van der Waals surface area contributed by atoms with Crippen LogP contribution in [-0.4, -0.2) is 24.0 Å². The van der Waals surface area contributed by atoms with Gasteiger partial charge in [0.15, 0.2) is 0 Å². The number of hydrogen-bond donors (Lipinski definition) is 0. The number of benzene rings is 2. The van der Waals surface area contributed by atoms with E-state index in [4.69, 9.17) is 0 Å².